The van der Waals surface area contributed by atoms with Gasteiger partial charge in [-0.05, 0) is 68.4 Å². The number of nitrogens with zero attached hydrogens (tertiary/aromatic N) is 2. The van der Waals surface area contributed by atoms with Crippen LogP contribution in [-0.2, 0) is 21.3 Å². The number of sulfonamides is 1. The van der Waals surface area contributed by atoms with Crippen molar-refractivity contribution < 1.29 is 22.7 Å². The highest BCUT2D eigenvalue weighted by Crippen LogP contribution is 2.21. The molecule has 0 aliphatic heterocycles. The largest absolute Gasteiger partial charge is 0.462 e. The van der Waals surface area contributed by atoms with E-state index in [9.17, 15) is 18.0 Å². The molecule has 4 aromatic rings. The van der Waals surface area contributed by atoms with Gasteiger partial charge in [0.15, 0.2) is 4.80 Å². The molecule has 0 atom stereocenters. The zero-order valence-corrected chi connectivity index (χ0v) is 20.7. The summed E-state index contributed by atoms with van der Waals surface area (Å²) in [6.45, 7) is 4.57. The van der Waals surface area contributed by atoms with E-state index in [0.29, 0.717) is 28.2 Å². The zero-order chi connectivity index (χ0) is 25.0. The van der Waals surface area contributed by atoms with E-state index in [1.807, 2.05) is 17.6 Å². The number of hydrogen-bond acceptors (Lipinski definition) is 6. The van der Waals surface area contributed by atoms with E-state index in [1.165, 1.54) is 47.7 Å². The fraction of sp³-hybridized carbons (Fsp3) is 0.160. The van der Waals surface area contributed by atoms with Crippen LogP contribution in [0.2, 0.25) is 0 Å². The second kappa shape index (κ2) is 10.2. The minimum atomic E-state index is -3.73. The highest BCUT2D eigenvalue weighted by molar-refractivity contribution is 7.92. The van der Waals surface area contributed by atoms with E-state index in [-0.39, 0.29) is 11.5 Å². The highest BCUT2D eigenvalue weighted by atomic mass is 32.2. The molecule has 3 aromatic carbocycles. The molecule has 4 rings (SSSR count). The monoisotopic (exact) mass is 509 g/mol. The van der Waals surface area contributed by atoms with Gasteiger partial charge in [0.1, 0.15) is 0 Å². The van der Waals surface area contributed by atoms with Gasteiger partial charge in [0.2, 0.25) is 0 Å². The van der Waals surface area contributed by atoms with E-state index >= 15 is 0 Å². The van der Waals surface area contributed by atoms with Crippen molar-refractivity contribution in [2.75, 3.05) is 11.3 Å². The van der Waals surface area contributed by atoms with Crippen molar-refractivity contribution in [2.24, 2.45) is 4.99 Å². The number of nitrogens with one attached hydrogen (secondary N) is 1. The van der Waals surface area contributed by atoms with Crippen molar-refractivity contribution in [3.8, 4) is 0 Å². The molecule has 0 bridgehead atoms. The first-order chi connectivity index (χ1) is 16.8. The number of hydrogen-bond donors (Lipinski definition) is 1. The van der Waals surface area contributed by atoms with Gasteiger partial charge in [-0.2, -0.15) is 4.99 Å². The van der Waals surface area contributed by atoms with Crippen LogP contribution in [0.25, 0.3) is 10.2 Å². The van der Waals surface area contributed by atoms with Crippen LogP contribution in [0.15, 0.2) is 82.7 Å². The van der Waals surface area contributed by atoms with Crippen LogP contribution in [0.4, 0.5) is 5.69 Å². The smallest absolute Gasteiger partial charge is 0.338 e. The Morgan fingerprint density at radius 3 is 2.31 bits per heavy atom. The Balaban J connectivity index is 1.60. The van der Waals surface area contributed by atoms with Gasteiger partial charge >= 0.3 is 5.97 Å². The maximum atomic E-state index is 12.9. The van der Waals surface area contributed by atoms with E-state index in [1.54, 1.807) is 37.3 Å². The first kappa shape index (κ1) is 24.4. The molecule has 180 valence electrons. The number of aromatic nitrogens is 1. The molecule has 8 nitrogen and oxygen atoms in total. The van der Waals surface area contributed by atoms with Crippen molar-refractivity contribution in [1.82, 2.24) is 4.57 Å². The van der Waals surface area contributed by atoms with Gasteiger partial charge in [-0.1, -0.05) is 29.5 Å². The fourth-order valence-corrected chi connectivity index (χ4v) is 5.66. The lowest BCUT2D eigenvalue weighted by Gasteiger charge is -2.08. The number of anilines is 1. The number of rotatable bonds is 7. The van der Waals surface area contributed by atoms with Crippen LogP contribution in [0.1, 0.15) is 34.6 Å². The molecule has 0 aliphatic carbocycles. The topological polar surface area (TPSA) is 107 Å². The van der Waals surface area contributed by atoms with Gasteiger partial charge in [0.25, 0.3) is 15.9 Å². The summed E-state index contributed by atoms with van der Waals surface area (Å²) in [6.07, 6.45) is 0. The maximum Gasteiger partial charge on any atom is 0.338 e. The van der Waals surface area contributed by atoms with Gasteiger partial charge in [-0.15, -0.1) is 0 Å². The molecule has 1 aromatic heterocycles. The van der Waals surface area contributed by atoms with E-state index < -0.39 is 21.9 Å². The Labute approximate surface area is 206 Å². The molecule has 1 amide bonds. The standard InChI is InChI=1S/C25H23N3O5S2/c1-3-28-21-15-12-18(24(30)33-4-2)16-22(21)34-25(28)26-23(29)17-10-13-19(14-11-17)27-35(31,32)20-8-6-5-7-9-20/h5-16,27H,3-4H2,1-2H3. The number of aryl methyl sites for hydroxylation is 1. The molecule has 0 radical (unpaired) electrons. The number of esters is 1. The molecule has 0 fully saturated rings. The van der Waals surface area contributed by atoms with Gasteiger partial charge in [0, 0.05) is 17.8 Å². The van der Waals surface area contributed by atoms with Crippen LogP contribution in [0.5, 0.6) is 0 Å². The molecule has 10 heteroatoms. The number of amides is 1. The van der Waals surface area contributed by atoms with Gasteiger partial charge in [0.05, 0.1) is 27.3 Å². The second-order valence-electron chi connectivity index (χ2n) is 7.44. The Morgan fingerprint density at radius 1 is 0.971 bits per heavy atom. The molecular formula is C25H23N3O5S2. The SMILES string of the molecule is CCOC(=O)c1ccc2c(c1)sc(=NC(=O)c1ccc(NS(=O)(=O)c3ccccc3)cc1)n2CC. The van der Waals surface area contributed by atoms with E-state index in [2.05, 4.69) is 9.71 Å². The van der Waals surface area contributed by atoms with Gasteiger partial charge in [-0.3, -0.25) is 9.52 Å². The Morgan fingerprint density at radius 2 is 1.66 bits per heavy atom. The van der Waals surface area contributed by atoms with Crippen molar-refractivity contribution in [3.63, 3.8) is 0 Å². The predicted octanol–water partition coefficient (Wildman–Crippen LogP) is 4.44. The molecule has 1 N–H and O–H groups in total. The summed E-state index contributed by atoms with van der Waals surface area (Å²) in [7, 11) is -3.73. The lowest BCUT2D eigenvalue weighted by atomic mass is 10.2. The maximum absolute atomic E-state index is 12.9. The quantitative estimate of drug-likeness (QED) is 0.371. The summed E-state index contributed by atoms with van der Waals surface area (Å²) in [4.78, 5) is 29.9. The summed E-state index contributed by atoms with van der Waals surface area (Å²) in [5.74, 6) is -0.856. The average molecular weight is 510 g/mol. The van der Waals surface area contributed by atoms with Crippen LogP contribution in [0.3, 0.4) is 0 Å². The summed E-state index contributed by atoms with van der Waals surface area (Å²) in [6, 6.07) is 19.4. The van der Waals surface area contributed by atoms with E-state index in [4.69, 9.17) is 4.74 Å². The second-order valence-corrected chi connectivity index (χ2v) is 10.1. The minimum Gasteiger partial charge on any atom is -0.462 e. The molecule has 0 saturated heterocycles. The number of carbonyl (C=O) groups is 2. The number of thiazole rings is 1. The number of benzene rings is 3. The molecular weight excluding hydrogens is 486 g/mol. The Kier molecular flexibility index (Phi) is 7.13. The lowest BCUT2D eigenvalue weighted by molar-refractivity contribution is 0.0526. The summed E-state index contributed by atoms with van der Waals surface area (Å²) < 4.78 is 35.3. The molecule has 0 spiro atoms. The number of fused-ring (bicyclic) bond motifs is 1. The third kappa shape index (κ3) is 5.33. The van der Waals surface area contributed by atoms with Gasteiger partial charge < -0.3 is 9.30 Å². The van der Waals surface area contributed by atoms with E-state index in [0.717, 1.165) is 10.2 Å². The summed E-state index contributed by atoms with van der Waals surface area (Å²) in [5.41, 5.74) is 1.96. The van der Waals surface area contributed by atoms with Crippen LogP contribution >= 0.6 is 11.3 Å². The third-order valence-electron chi connectivity index (χ3n) is 5.14. The van der Waals surface area contributed by atoms with Crippen molar-refractivity contribution in [3.05, 3.63) is 88.7 Å². The summed E-state index contributed by atoms with van der Waals surface area (Å²) in [5, 5.41) is 0. The molecule has 1 heterocycles. The van der Waals surface area contributed by atoms with Crippen LogP contribution in [0, 0.1) is 0 Å². The fourth-order valence-electron chi connectivity index (χ4n) is 3.45. The van der Waals surface area contributed by atoms with Crippen molar-refractivity contribution in [2.45, 2.75) is 25.3 Å². The van der Waals surface area contributed by atoms with Crippen LogP contribution in [-0.4, -0.2) is 31.5 Å². The molecule has 0 saturated carbocycles. The average Bonchev–Trinajstić information content (AvgIpc) is 3.21. The predicted molar refractivity (Wildman–Crippen MR) is 135 cm³/mol. The Hall–Kier alpha value is -3.76. The van der Waals surface area contributed by atoms with Crippen molar-refractivity contribution in [1.29, 1.82) is 0 Å². The zero-order valence-electron chi connectivity index (χ0n) is 19.1. The van der Waals surface area contributed by atoms with Crippen molar-refractivity contribution >= 4 is 49.1 Å². The minimum absolute atomic E-state index is 0.148. The summed E-state index contributed by atoms with van der Waals surface area (Å²) >= 11 is 1.31. The molecule has 35 heavy (non-hydrogen) atoms. The number of carbonyl (C=O) groups excluding carboxylic acids is 2. The normalized spacial score (nSPS) is 12.0. The Bertz CT molecular complexity index is 1550. The first-order valence-electron chi connectivity index (χ1n) is 10.9. The van der Waals surface area contributed by atoms with Gasteiger partial charge in [-0.25, -0.2) is 13.2 Å². The molecule has 0 unspecified atom stereocenters. The first-order valence-corrected chi connectivity index (χ1v) is 13.2. The number of ether oxygens (including phenoxy) is 1. The van der Waals surface area contributed by atoms with Crippen LogP contribution < -0.4 is 9.52 Å². The lowest BCUT2D eigenvalue weighted by Crippen LogP contribution is -2.16. The molecule has 0 aliphatic rings. The highest BCUT2D eigenvalue weighted by Gasteiger charge is 2.15. The third-order valence-corrected chi connectivity index (χ3v) is 7.58.